The molecule has 2 aromatic rings. The highest BCUT2D eigenvalue weighted by Crippen LogP contribution is 2.15. The summed E-state index contributed by atoms with van der Waals surface area (Å²) >= 11 is 0. The fraction of sp³-hybridized carbons (Fsp3) is 0.300. The molecule has 0 saturated heterocycles. The van der Waals surface area contributed by atoms with Crippen LogP contribution in [0, 0.1) is 0 Å². The number of anilines is 1. The third-order valence-electron chi connectivity index (χ3n) is 4.61. The number of allylic oxidation sites excluding steroid dienone is 2. The number of amidine groups is 1. The number of hydrogen-bond acceptors (Lipinski definition) is 7. The number of rotatable bonds is 8. The first-order valence-corrected chi connectivity index (χ1v) is 9.55. The molecule has 0 bridgehead atoms. The number of amides is 1. The number of fused-ring (bicyclic) bond motifs is 2. The number of nitrogens with one attached hydrogen (secondary N) is 3. The summed E-state index contributed by atoms with van der Waals surface area (Å²) in [6.07, 6.45) is 11.1. The highest BCUT2D eigenvalue weighted by atomic mass is 16.1. The average Bonchev–Trinajstić information content (AvgIpc) is 3.17. The van der Waals surface area contributed by atoms with Crippen LogP contribution in [0.15, 0.2) is 57.4 Å². The van der Waals surface area contributed by atoms with E-state index in [2.05, 4.69) is 35.8 Å². The highest BCUT2D eigenvalue weighted by molar-refractivity contribution is 6.13. The zero-order chi connectivity index (χ0) is 20.1. The van der Waals surface area contributed by atoms with E-state index in [1.165, 1.54) is 0 Å². The van der Waals surface area contributed by atoms with Crippen molar-refractivity contribution in [1.82, 2.24) is 20.5 Å². The summed E-state index contributed by atoms with van der Waals surface area (Å²) in [6, 6.07) is 3.42. The Hall–Kier alpha value is -3.62. The van der Waals surface area contributed by atoms with Gasteiger partial charge in [-0.3, -0.25) is 19.6 Å². The van der Waals surface area contributed by atoms with E-state index in [9.17, 15) is 9.59 Å². The Kier molecular flexibility index (Phi) is 5.55. The molecule has 1 unspecified atom stereocenters. The minimum Gasteiger partial charge on any atom is -0.367 e. The number of carbonyl (C=O) groups excluding carboxylic acids is 1. The maximum atomic E-state index is 12.0. The maximum Gasteiger partial charge on any atom is 0.273 e. The predicted molar refractivity (Wildman–Crippen MR) is 112 cm³/mol. The van der Waals surface area contributed by atoms with Gasteiger partial charge in [-0.15, -0.1) is 0 Å². The largest absolute Gasteiger partial charge is 0.367 e. The van der Waals surface area contributed by atoms with Gasteiger partial charge in [0.15, 0.2) is 5.82 Å². The van der Waals surface area contributed by atoms with E-state index in [-0.39, 0.29) is 17.5 Å². The maximum absolute atomic E-state index is 12.0. The van der Waals surface area contributed by atoms with Crippen molar-refractivity contribution >= 4 is 34.2 Å². The SMILES string of the molecule is O=C(CCC1=NC2C=CC=CC2=N1)NCCCNc1n[nH]c(=O)c2cccnc12. The lowest BCUT2D eigenvalue weighted by Gasteiger charge is -2.08. The van der Waals surface area contributed by atoms with Crippen LogP contribution in [0.25, 0.3) is 10.9 Å². The Labute approximate surface area is 166 Å². The molecule has 0 radical (unpaired) electrons. The van der Waals surface area contributed by atoms with Crippen molar-refractivity contribution in [3.8, 4) is 0 Å². The fourth-order valence-corrected chi connectivity index (χ4v) is 3.15. The number of aliphatic imine (C=N–C) groups is 2. The van der Waals surface area contributed by atoms with Crippen LogP contribution in [0.5, 0.6) is 0 Å². The molecule has 1 aliphatic heterocycles. The minimum atomic E-state index is -0.269. The van der Waals surface area contributed by atoms with Crippen molar-refractivity contribution < 1.29 is 4.79 Å². The lowest BCUT2D eigenvalue weighted by atomic mass is 10.1. The lowest BCUT2D eigenvalue weighted by molar-refractivity contribution is -0.120. The molecule has 9 heteroatoms. The van der Waals surface area contributed by atoms with Crippen LogP contribution in [0.1, 0.15) is 19.3 Å². The molecule has 29 heavy (non-hydrogen) atoms. The second-order valence-corrected chi connectivity index (χ2v) is 6.70. The van der Waals surface area contributed by atoms with Gasteiger partial charge in [-0.25, -0.2) is 10.1 Å². The van der Waals surface area contributed by atoms with Crippen molar-refractivity contribution in [2.24, 2.45) is 9.98 Å². The summed E-state index contributed by atoms with van der Waals surface area (Å²) in [5, 5.41) is 13.0. The Morgan fingerprint density at radius 1 is 1.24 bits per heavy atom. The van der Waals surface area contributed by atoms with Gasteiger partial charge in [-0.1, -0.05) is 18.2 Å². The molecule has 0 saturated carbocycles. The zero-order valence-electron chi connectivity index (χ0n) is 15.8. The Morgan fingerprint density at radius 2 is 2.17 bits per heavy atom. The molecule has 2 aliphatic rings. The van der Waals surface area contributed by atoms with Crippen LogP contribution < -0.4 is 16.2 Å². The van der Waals surface area contributed by atoms with E-state index in [4.69, 9.17) is 0 Å². The van der Waals surface area contributed by atoms with E-state index < -0.39 is 0 Å². The third kappa shape index (κ3) is 4.45. The van der Waals surface area contributed by atoms with Gasteiger partial charge in [0.1, 0.15) is 17.4 Å². The normalized spacial score (nSPS) is 17.0. The molecule has 0 spiro atoms. The summed E-state index contributed by atoms with van der Waals surface area (Å²) in [5.74, 6) is 1.22. The van der Waals surface area contributed by atoms with Gasteiger partial charge in [-0.05, 0) is 24.6 Å². The van der Waals surface area contributed by atoms with E-state index in [0.717, 1.165) is 11.5 Å². The van der Waals surface area contributed by atoms with E-state index >= 15 is 0 Å². The summed E-state index contributed by atoms with van der Waals surface area (Å²) in [4.78, 5) is 37.0. The topological polar surface area (TPSA) is 124 Å². The summed E-state index contributed by atoms with van der Waals surface area (Å²) in [5.41, 5.74) is 1.20. The second kappa shape index (κ2) is 8.59. The molecule has 0 fully saturated rings. The molecule has 2 aromatic heterocycles. The molecule has 1 atom stereocenters. The zero-order valence-corrected chi connectivity index (χ0v) is 15.8. The molecule has 148 valence electrons. The average molecular weight is 391 g/mol. The quantitative estimate of drug-likeness (QED) is 0.586. The van der Waals surface area contributed by atoms with Gasteiger partial charge in [0.25, 0.3) is 5.56 Å². The number of hydrogen-bond donors (Lipinski definition) is 3. The highest BCUT2D eigenvalue weighted by Gasteiger charge is 2.19. The van der Waals surface area contributed by atoms with E-state index in [1.807, 2.05) is 24.3 Å². The van der Waals surface area contributed by atoms with Gasteiger partial charge < -0.3 is 10.6 Å². The standard InChI is InChI=1S/C20H21N7O2/c28-17(9-8-16-24-14-6-1-2-7-15(14)25-16)21-11-4-12-23-19-18-13(5-3-10-22-18)20(29)27-26-19/h1-3,5-7,10,14H,4,8-9,11-12H2,(H,21,28)(H,23,26)(H,27,29). The number of H-pyrrole nitrogens is 1. The smallest absolute Gasteiger partial charge is 0.273 e. The van der Waals surface area contributed by atoms with Crippen molar-refractivity contribution in [1.29, 1.82) is 0 Å². The van der Waals surface area contributed by atoms with Crippen molar-refractivity contribution in [2.75, 3.05) is 18.4 Å². The van der Waals surface area contributed by atoms with Gasteiger partial charge in [-0.2, -0.15) is 5.10 Å². The van der Waals surface area contributed by atoms with Gasteiger partial charge in [0, 0.05) is 32.1 Å². The Balaban J connectivity index is 1.18. The van der Waals surface area contributed by atoms with Crippen LogP contribution >= 0.6 is 0 Å². The van der Waals surface area contributed by atoms with Crippen LogP contribution in [-0.2, 0) is 4.79 Å². The summed E-state index contributed by atoms with van der Waals surface area (Å²) < 4.78 is 0. The molecule has 9 nitrogen and oxygen atoms in total. The number of nitrogens with zero attached hydrogens (tertiary/aromatic N) is 4. The predicted octanol–water partition coefficient (Wildman–Crippen LogP) is 1.36. The van der Waals surface area contributed by atoms with E-state index in [1.54, 1.807) is 18.3 Å². The molecule has 1 amide bonds. The second-order valence-electron chi connectivity index (χ2n) is 6.70. The molecule has 4 rings (SSSR count). The molecule has 3 heterocycles. The van der Waals surface area contributed by atoms with Gasteiger partial charge in [0.2, 0.25) is 5.91 Å². The first-order chi connectivity index (χ1) is 14.2. The first kappa shape index (κ1) is 18.7. The molecule has 0 aromatic carbocycles. The Bertz CT molecular complexity index is 1100. The number of carbonyl (C=O) groups is 1. The van der Waals surface area contributed by atoms with Crippen LogP contribution in [-0.4, -0.2) is 51.8 Å². The van der Waals surface area contributed by atoms with Crippen molar-refractivity contribution in [3.05, 3.63) is 53.0 Å². The van der Waals surface area contributed by atoms with Crippen LogP contribution in [0.4, 0.5) is 5.82 Å². The monoisotopic (exact) mass is 391 g/mol. The number of pyridine rings is 1. The lowest BCUT2D eigenvalue weighted by Crippen LogP contribution is -2.26. The van der Waals surface area contributed by atoms with Crippen LogP contribution in [0.3, 0.4) is 0 Å². The summed E-state index contributed by atoms with van der Waals surface area (Å²) in [7, 11) is 0. The van der Waals surface area contributed by atoms with Gasteiger partial charge >= 0.3 is 0 Å². The molecule has 3 N–H and O–H groups in total. The number of aromatic amines is 1. The molecular formula is C20H21N7O2. The summed E-state index contributed by atoms with van der Waals surface area (Å²) in [6.45, 7) is 1.13. The minimum absolute atomic E-state index is 0.0104. The van der Waals surface area contributed by atoms with Crippen LogP contribution in [0.2, 0.25) is 0 Å². The number of aromatic nitrogens is 3. The molecule has 1 aliphatic carbocycles. The first-order valence-electron chi connectivity index (χ1n) is 9.55. The third-order valence-corrected chi connectivity index (χ3v) is 4.61. The Morgan fingerprint density at radius 3 is 3.07 bits per heavy atom. The van der Waals surface area contributed by atoms with Crippen molar-refractivity contribution in [3.63, 3.8) is 0 Å². The van der Waals surface area contributed by atoms with E-state index in [0.29, 0.717) is 49.1 Å². The fourth-order valence-electron chi connectivity index (χ4n) is 3.15. The van der Waals surface area contributed by atoms with Crippen molar-refractivity contribution in [2.45, 2.75) is 25.3 Å². The van der Waals surface area contributed by atoms with Gasteiger partial charge in [0.05, 0.1) is 11.1 Å². The molecular weight excluding hydrogens is 370 g/mol.